The molecular weight excluding hydrogens is 540 g/mol. The smallest absolute Gasteiger partial charge is 0.410 e. The number of nitriles is 1. The van der Waals surface area contributed by atoms with Gasteiger partial charge in [-0.2, -0.15) is 15.2 Å². The zero-order valence-electron chi connectivity index (χ0n) is 26.2. The lowest BCUT2D eigenvalue weighted by Crippen LogP contribution is -2.56. The van der Waals surface area contributed by atoms with E-state index in [1.807, 2.05) is 20.8 Å². The van der Waals surface area contributed by atoms with Crippen LogP contribution in [0.5, 0.6) is 6.01 Å². The second-order valence-corrected chi connectivity index (χ2v) is 13.7. The number of hydrogen-bond acceptors (Lipinski definition) is 8. The van der Waals surface area contributed by atoms with E-state index in [9.17, 15) is 10.1 Å². The van der Waals surface area contributed by atoms with Crippen molar-refractivity contribution >= 4 is 17.5 Å². The van der Waals surface area contributed by atoms with Crippen LogP contribution in [0.2, 0.25) is 0 Å². The van der Waals surface area contributed by atoms with Gasteiger partial charge < -0.3 is 24.2 Å². The molecule has 0 radical (unpaired) electrons. The highest BCUT2D eigenvalue weighted by Crippen LogP contribution is 2.49. The van der Waals surface area contributed by atoms with Crippen molar-refractivity contribution in [1.82, 2.24) is 19.8 Å². The highest BCUT2D eigenvalue weighted by Gasteiger charge is 2.43. The van der Waals surface area contributed by atoms with E-state index in [0.29, 0.717) is 38.3 Å². The summed E-state index contributed by atoms with van der Waals surface area (Å²) in [5.74, 6) is 0.883. The van der Waals surface area contributed by atoms with E-state index in [0.717, 1.165) is 49.3 Å². The van der Waals surface area contributed by atoms with Crippen molar-refractivity contribution in [2.45, 2.75) is 89.3 Å². The number of nitrogens with zero attached hydrogens (tertiary/aromatic N) is 6. The number of amides is 1. The van der Waals surface area contributed by atoms with Gasteiger partial charge in [-0.3, -0.25) is 0 Å². The van der Waals surface area contributed by atoms with Crippen molar-refractivity contribution in [2.75, 3.05) is 44.7 Å². The largest absolute Gasteiger partial charge is 0.462 e. The fourth-order valence-corrected chi connectivity index (χ4v) is 7.39. The molecule has 0 N–H and O–H groups in total. The molecule has 6 rings (SSSR count). The van der Waals surface area contributed by atoms with Gasteiger partial charge in [0, 0.05) is 43.1 Å². The molecule has 2 aromatic rings. The SMILES string of the molecule is CC1=CC2(CCc3c(nc(OC[C@@H]4CCCN4C)nc3N3CCN(C(=O)OC(C)(C)C)[C@@H](CC#N)C3)C2)c2ccccc21. The van der Waals surface area contributed by atoms with Crippen LogP contribution in [0.4, 0.5) is 10.6 Å². The maximum absolute atomic E-state index is 13.1. The third-order valence-electron chi connectivity index (χ3n) is 9.55. The molecule has 9 heteroatoms. The van der Waals surface area contributed by atoms with Gasteiger partial charge in [0.25, 0.3) is 0 Å². The summed E-state index contributed by atoms with van der Waals surface area (Å²) in [4.78, 5) is 29.5. The van der Waals surface area contributed by atoms with Crippen molar-refractivity contribution in [1.29, 1.82) is 5.26 Å². The highest BCUT2D eigenvalue weighted by atomic mass is 16.6. The molecule has 2 aliphatic carbocycles. The van der Waals surface area contributed by atoms with Crippen molar-refractivity contribution in [3.63, 3.8) is 0 Å². The van der Waals surface area contributed by atoms with E-state index in [2.05, 4.69) is 60.2 Å². The van der Waals surface area contributed by atoms with Crippen LogP contribution in [0, 0.1) is 11.3 Å². The average Bonchev–Trinajstić information content (AvgIpc) is 3.50. The molecule has 2 aliphatic heterocycles. The maximum Gasteiger partial charge on any atom is 0.410 e. The summed E-state index contributed by atoms with van der Waals surface area (Å²) in [5, 5.41) is 9.66. The lowest BCUT2D eigenvalue weighted by molar-refractivity contribution is 0.0144. The minimum absolute atomic E-state index is 0.0823. The van der Waals surface area contributed by atoms with Gasteiger partial charge >= 0.3 is 12.1 Å². The molecule has 1 spiro atoms. The van der Waals surface area contributed by atoms with Crippen LogP contribution in [0.25, 0.3) is 5.57 Å². The Balaban J connectivity index is 1.32. The van der Waals surface area contributed by atoms with Crippen LogP contribution in [-0.2, 0) is 23.0 Å². The molecule has 2 saturated heterocycles. The maximum atomic E-state index is 13.1. The van der Waals surface area contributed by atoms with E-state index in [1.54, 1.807) is 4.90 Å². The number of rotatable bonds is 5. The van der Waals surface area contributed by atoms with Crippen LogP contribution in [0.3, 0.4) is 0 Å². The van der Waals surface area contributed by atoms with Crippen LogP contribution in [0.15, 0.2) is 30.3 Å². The zero-order valence-corrected chi connectivity index (χ0v) is 26.2. The van der Waals surface area contributed by atoms with Gasteiger partial charge in [0.15, 0.2) is 0 Å². The Hall–Kier alpha value is -3.64. The Kier molecular flexibility index (Phi) is 7.84. The van der Waals surface area contributed by atoms with Gasteiger partial charge in [0.05, 0.1) is 24.2 Å². The number of piperazine rings is 1. The van der Waals surface area contributed by atoms with Crippen LogP contribution >= 0.6 is 0 Å². The molecule has 0 bridgehead atoms. The molecule has 3 atom stereocenters. The molecule has 43 heavy (non-hydrogen) atoms. The molecule has 1 amide bonds. The number of ether oxygens (including phenoxy) is 2. The van der Waals surface area contributed by atoms with Crippen LogP contribution < -0.4 is 9.64 Å². The lowest BCUT2D eigenvalue weighted by Gasteiger charge is -2.43. The Morgan fingerprint density at radius 3 is 2.72 bits per heavy atom. The minimum atomic E-state index is -0.599. The van der Waals surface area contributed by atoms with Gasteiger partial charge in [0.1, 0.15) is 18.0 Å². The number of likely N-dealkylation sites (N-methyl/N-ethyl adjacent to an activating group) is 1. The fourth-order valence-electron chi connectivity index (χ4n) is 7.39. The monoisotopic (exact) mass is 584 g/mol. The van der Waals surface area contributed by atoms with E-state index >= 15 is 0 Å². The van der Waals surface area contributed by atoms with E-state index < -0.39 is 5.60 Å². The predicted octanol–water partition coefficient (Wildman–Crippen LogP) is 5.13. The van der Waals surface area contributed by atoms with Gasteiger partial charge in [-0.05, 0) is 83.7 Å². The zero-order chi connectivity index (χ0) is 30.4. The van der Waals surface area contributed by atoms with Crippen molar-refractivity contribution in [2.24, 2.45) is 0 Å². The van der Waals surface area contributed by atoms with Gasteiger partial charge in [0.2, 0.25) is 0 Å². The summed E-state index contributed by atoms with van der Waals surface area (Å²) in [5.41, 5.74) is 5.56. The first-order chi connectivity index (χ1) is 20.6. The second-order valence-electron chi connectivity index (χ2n) is 13.7. The van der Waals surface area contributed by atoms with Crippen molar-refractivity contribution in [3.05, 3.63) is 52.7 Å². The quantitative estimate of drug-likeness (QED) is 0.477. The third-order valence-corrected chi connectivity index (χ3v) is 9.55. The summed E-state index contributed by atoms with van der Waals surface area (Å²) in [6.07, 6.45) is 7.22. The van der Waals surface area contributed by atoms with Crippen molar-refractivity contribution < 1.29 is 14.3 Å². The Labute approximate surface area is 255 Å². The Morgan fingerprint density at radius 1 is 1.16 bits per heavy atom. The van der Waals surface area contributed by atoms with Crippen molar-refractivity contribution in [3.8, 4) is 12.1 Å². The molecule has 1 aromatic carbocycles. The number of carbonyl (C=O) groups is 1. The summed E-state index contributed by atoms with van der Waals surface area (Å²) in [6, 6.07) is 11.5. The third kappa shape index (κ3) is 5.82. The number of carbonyl (C=O) groups excluding carboxylic acids is 1. The lowest BCUT2D eigenvalue weighted by atomic mass is 9.70. The number of aromatic nitrogens is 2. The van der Waals surface area contributed by atoms with Gasteiger partial charge in [-0.1, -0.05) is 30.3 Å². The molecule has 9 nitrogen and oxygen atoms in total. The number of allylic oxidation sites excluding steroid dienone is 2. The molecule has 0 saturated carbocycles. The number of likely N-dealkylation sites (tertiary alicyclic amines) is 1. The minimum Gasteiger partial charge on any atom is -0.462 e. The fraction of sp³-hybridized carbons (Fsp3) is 0.588. The van der Waals surface area contributed by atoms with Gasteiger partial charge in [-0.15, -0.1) is 0 Å². The van der Waals surface area contributed by atoms with E-state index in [-0.39, 0.29) is 24.0 Å². The standard InChI is InChI=1S/C34H44N6O3/c1-23-19-34(28-11-7-6-10-26(23)28)14-12-27-29(20-34)36-31(42-22-25-9-8-16-38(25)5)37-30(27)39-17-18-40(24(21-39)13-15-35)32(41)43-33(2,3)4/h6-7,10-11,19,24-25H,8-9,12-14,16-18,20-22H2,1-5H3/t24-,25-,34?/m0/s1. The number of hydrogen-bond donors (Lipinski definition) is 0. The van der Waals surface area contributed by atoms with E-state index in [4.69, 9.17) is 19.4 Å². The molecule has 2 fully saturated rings. The summed E-state index contributed by atoms with van der Waals surface area (Å²) < 4.78 is 12.0. The summed E-state index contributed by atoms with van der Waals surface area (Å²) in [7, 11) is 2.15. The Morgan fingerprint density at radius 2 is 1.98 bits per heavy atom. The first-order valence-electron chi connectivity index (χ1n) is 15.7. The molecule has 4 aliphatic rings. The number of anilines is 1. The second kappa shape index (κ2) is 11.5. The topological polar surface area (TPSA) is 94.8 Å². The summed E-state index contributed by atoms with van der Waals surface area (Å²) >= 11 is 0. The Bertz CT molecular complexity index is 1460. The molecule has 1 unspecified atom stereocenters. The van der Waals surface area contributed by atoms with Crippen LogP contribution in [-0.4, -0.2) is 83.4 Å². The van der Waals surface area contributed by atoms with Gasteiger partial charge in [-0.25, -0.2) is 4.79 Å². The summed E-state index contributed by atoms with van der Waals surface area (Å²) in [6.45, 7) is 11.0. The molecule has 228 valence electrons. The highest BCUT2D eigenvalue weighted by molar-refractivity contribution is 5.76. The first-order valence-corrected chi connectivity index (χ1v) is 15.7. The van der Waals surface area contributed by atoms with Crippen LogP contribution in [0.1, 0.15) is 75.8 Å². The molecule has 1 aromatic heterocycles. The first kappa shape index (κ1) is 29.4. The predicted molar refractivity (Wildman–Crippen MR) is 166 cm³/mol. The molecule has 3 heterocycles. The van der Waals surface area contributed by atoms with E-state index in [1.165, 1.54) is 23.1 Å². The number of fused-ring (bicyclic) bond motifs is 3. The average molecular weight is 585 g/mol. The number of benzene rings is 1. The normalized spacial score (nSPS) is 25.3. The molecular formula is C34H44N6O3.